The highest BCUT2D eigenvalue weighted by molar-refractivity contribution is 6.29. The van der Waals surface area contributed by atoms with Crippen LogP contribution in [0.15, 0.2) is 18.2 Å². The average molecular weight is 331 g/mol. The van der Waals surface area contributed by atoms with Gasteiger partial charge in [0, 0.05) is 0 Å². The van der Waals surface area contributed by atoms with Gasteiger partial charge in [-0.2, -0.15) is 0 Å². The zero-order chi connectivity index (χ0) is 15.9. The van der Waals surface area contributed by atoms with Gasteiger partial charge in [-0.15, -0.1) is 0 Å². The van der Waals surface area contributed by atoms with Crippen molar-refractivity contribution in [1.82, 2.24) is 9.88 Å². The summed E-state index contributed by atoms with van der Waals surface area (Å²) in [5.74, 6) is -3.98. The van der Waals surface area contributed by atoms with Crippen LogP contribution in [-0.4, -0.2) is 45.5 Å². The van der Waals surface area contributed by atoms with Gasteiger partial charge in [0.05, 0.1) is 12.6 Å². The molecule has 0 spiro atoms. The minimum Gasteiger partial charge on any atom is -0.385 e. The Balaban J connectivity index is 1.91. The van der Waals surface area contributed by atoms with E-state index in [1.807, 2.05) is 0 Å². The molecule has 1 aliphatic carbocycles. The molecule has 0 bridgehead atoms. The first-order valence-corrected chi connectivity index (χ1v) is 7.77. The van der Waals surface area contributed by atoms with E-state index in [2.05, 4.69) is 4.98 Å². The zero-order valence-electron chi connectivity index (χ0n) is 11.9. The summed E-state index contributed by atoms with van der Waals surface area (Å²) >= 11 is 5.76. The van der Waals surface area contributed by atoms with Gasteiger partial charge in [0.2, 0.25) is 0 Å². The summed E-state index contributed by atoms with van der Waals surface area (Å²) in [4.78, 5) is 17.5. The number of nitrogens with zero attached hydrogens (tertiary/aromatic N) is 2. The lowest BCUT2D eigenvalue weighted by atomic mass is 9.93. The van der Waals surface area contributed by atoms with Gasteiger partial charge >= 0.3 is 0 Å². The molecule has 3 rings (SSSR count). The van der Waals surface area contributed by atoms with E-state index in [1.165, 1.54) is 12.1 Å². The Kier molecular flexibility index (Phi) is 4.07. The smallest absolute Gasteiger partial charge is 0.292 e. The molecule has 2 atom stereocenters. The van der Waals surface area contributed by atoms with Gasteiger partial charge in [-0.1, -0.05) is 30.5 Å². The van der Waals surface area contributed by atoms with Gasteiger partial charge in [0.25, 0.3) is 11.8 Å². The van der Waals surface area contributed by atoms with E-state index in [0.717, 1.165) is 30.6 Å². The van der Waals surface area contributed by atoms with Crippen molar-refractivity contribution in [2.24, 2.45) is 5.92 Å². The Bertz CT molecular complexity index is 578. The molecule has 1 N–H and O–H groups in total. The van der Waals surface area contributed by atoms with Crippen molar-refractivity contribution in [3.05, 3.63) is 29.0 Å². The molecule has 1 aromatic rings. The highest BCUT2D eigenvalue weighted by Crippen LogP contribution is 2.41. The number of rotatable bonds is 2. The summed E-state index contributed by atoms with van der Waals surface area (Å²) in [5, 5.41) is 10.1. The van der Waals surface area contributed by atoms with Crippen molar-refractivity contribution < 1.29 is 18.7 Å². The quantitative estimate of drug-likeness (QED) is 0.848. The molecule has 22 heavy (non-hydrogen) atoms. The third-order valence-corrected chi connectivity index (χ3v) is 4.79. The number of pyridine rings is 1. The van der Waals surface area contributed by atoms with E-state index in [0.29, 0.717) is 0 Å². The van der Waals surface area contributed by atoms with Gasteiger partial charge in [-0.3, -0.25) is 4.79 Å². The monoisotopic (exact) mass is 330 g/mol. The summed E-state index contributed by atoms with van der Waals surface area (Å²) < 4.78 is 27.9. The maximum atomic E-state index is 14.0. The summed E-state index contributed by atoms with van der Waals surface area (Å²) in [6, 6.07) is 3.66. The molecule has 7 heteroatoms. The zero-order valence-corrected chi connectivity index (χ0v) is 12.6. The van der Waals surface area contributed by atoms with E-state index in [1.54, 1.807) is 6.07 Å². The lowest BCUT2D eigenvalue weighted by molar-refractivity contribution is -0.0851. The van der Waals surface area contributed by atoms with E-state index >= 15 is 0 Å². The van der Waals surface area contributed by atoms with Crippen LogP contribution in [-0.2, 0) is 0 Å². The minimum absolute atomic E-state index is 0.0281. The number of aliphatic hydroxyl groups is 1. The van der Waals surface area contributed by atoms with Gasteiger partial charge in [0.1, 0.15) is 17.0 Å². The number of likely N-dealkylation sites (tertiary alicyclic amines) is 1. The lowest BCUT2D eigenvalue weighted by Gasteiger charge is -2.30. The molecule has 2 unspecified atom stereocenters. The first-order valence-electron chi connectivity index (χ1n) is 7.39. The number of carbonyl (C=O) groups is 1. The number of hydrogen-bond acceptors (Lipinski definition) is 3. The molecule has 0 radical (unpaired) electrons. The maximum Gasteiger partial charge on any atom is 0.292 e. The van der Waals surface area contributed by atoms with Crippen molar-refractivity contribution in [1.29, 1.82) is 0 Å². The molecule has 2 fully saturated rings. The molecule has 1 aromatic heterocycles. The number of carbonyl (C=O) groups excluding carboxylic acids is 1. The van der Waals surface area contributed by atoms with E-state index in [-0.39, 0.29) is 16.8 Å². The van der Waals surface area contributed by atoms with Crippen LogP contribution in [0.1, 0.15) is 36.2 Å². The summed E-state index contributed by atoms with van der Waals surface area (Å²) in [7, 11) is 0. The summed E-state index contributed by atoms with van der Waals surface area (Å²) in [6.45, 7) is -0.775. The van der Waals surface area contributed by atoms with Crippen molar-refractivity contribution >= 4 is 17.5 Å². The van der Waals surface area contributed by atoms with Crippen LogP contribution in [0.3, 0.4) is 0 Å². The normalized spacial score (nSPS) is 28.3. The topological polar surface area (TPSA) is 53.4 Å². The molecule has 120 valence electrons. The van der Waals surface area contributed by atoms with Gasteiger partial charge < -0.3 is 10.0 Å². The number of alkyl halides is 2. The number of amides is 1. The number of halogens is 3. The van der Waals surface area contributed by atoms with Gasteiger partial charge in [-0.25, -0.2) is 13.8 Å². The second-order valence-electron chi connectivity index (χ2n) is 6.02. The fourth-order valence-electron chi connectivity index (χ4n) is 3.54. The van der Waals surface area contributed by atoms with E-state index < -0.39 is 30.5 Å². The van der Waals surface area contributed by atoms with E-state index in [9.17, 15) is 18.7 Å². The molecule has 1 amide bonds. The Morgan fingerprint density at radius 2 is 2.05 bits per heavy atom. The summed E-state index contributed by atoms with van der Waals surface area (Å²) in [5.41, 5.74) is 0.0281. The maximum absolute atomic E-state index is 14.0. The van der Waals surface area contributed by atoms with Crippen LogP contribution >= 0.6 is 11.6 Å². The van der Waals surface area contributed by atoms with Crippen molar-refractivity contribution in [3.63, 3.8) is 0 Å². The third-order valence-electron chi connectivity index (χ3n) is 4.58. The SMILES string of the molecule is O=C(c1cccc(Cl)n1)N1CC(F)(F)C(O)C1C1CCCC1. The number of hydrogen-bond donors (Lipinski definition) is 1. The van der Waals surface area contributed by atoms with E-state index in [4.69, 9.17) is 11.6 Å². The predicted molar refractivity (Wildman–Crippen MR) is 77.0 cm³/mol. The minimum atomic E-state index is -3.29. The standard InChI is InChI=1S/C15H17ClF2N2O2/c16-11-7-3-6-10(19-11)14(22)20-8-15(17,18)13(21)12(20)9-4-1-2-5-9/h3,6-7,9,12-13,21H,1-2,4-5,8H2. The highest BCUT2D eigenvalue weighted by atomic mass is 35.5. The van der Waals surface area contributed by atoms with Gasteiger partial charge in [-0.05, 0) is 30.9 Å². The first-order chi connectivity index (χ1) is 10.4. The Hall–Kier alpha value is -1.27. The van der Waals surface area contributed by atoms with Crippen LogP contribution < -0.4 is 0 Å². The average Bonchev–Trinajstić information content (AvgIpc) is 3.06. The fourth-order valence-corrected chi connectivity index (χ4v) is 3.70. The fraction of sp³-hybridized carbons (Fsp3) is 0.600. The van der Waals surface area contributed by atoms with Crippen LogP contribution in [0.25, 0.3) is 0 Å². The van der Waals surface area contributed by atoms with Crippen molar-refractivity contribution in [2.45, 2.75) is 43.8 Å². The third kappa shape index (κ3) is 2.70. The molecule has 1 aliphatic heterocycles. The van der Waals surface area contributed by atoms with Crippen LogP contribution in [0, 0.1) is 5.92 Å². The molecular weight excluding hydrogens is 314 g/mol. The predicted octanol–water partition coefficient (Wildman–Crippen LogP) is 2.75. The highest BCUT2D eigenvalue weighted by Gasteiger charge is 2.57. The molecule has 0 aromatic carbocycles. The summed E-state index contributed by atoms with van der Waals surface area (Å²) in [6.07, 6.45) is 1.57. The van der Waals surface area contributed by atoms with Crippen LogP contribution in [0.5, 0.6) is 0 Å². The molecule has 2 aliphatic rings. The van der Waals surface area contributed by atoms with Crippen molar-refractivity contribution in [2.75, 3.05) is 6.54 Å². The Morgan fingerprint density at radius 1 is 1.36 bits per heavy atom. The number of aromatic nitrogens is 1. The van der Waals surface area contributed by atoms with Crippen molar-refractivity contribution in [3.8, 4) is 0 Å². The van der Waals surface area contributed by atoms with Gasteiger partial charge in [0.15, 0.2) is 0 Å². The molecule has 2 heterocycles. The largest absolute Gasteiger partial charge is 0.385 e. The second-order valence-corrected chi connectivity index (χ2v) is 6.41. The molecule has 1 saturated heterocycles. The van der Waals surface area contributed by atoms with Crippen LogP contribution in [0.2, 0.25) is 5.15 Å². The lowest BCUT2D eigenvalue weighted by Crippen LogP contribution is -2.45. The second kappa shape index (κ2) is 5.74. The Morgan fingerprint density at radius 3 is 2.68 bits per heavy atom. The Labute approximate surface area is 132 Å². The molecule has 4 nitrogen and oxygen atoms in total. The van der Waals surface area contributed by atoms with Crippen LogP contribution in [0.4, 0.5) is 8.78 Å². The first kappa shape index (κ1) is 15.6. The molecule has 1 saturated carbocycles. The molecular formula is C15H17ClF2N2O2. The number of aliphatic hydroxyl groups excluding tert-OH is 1.